The summed E-state index contributed by atoms with van der Waals surface area (Å²) in [5.74, 6) is -0.875. The van der Waals surface area contributed by atoms with Crippen LogP contribution in [-0.2, 0) is 0 Å². The molecule has 1 saturated carbocycles. The van der Waals surface area contributed by atoms with Crippen molar-refractivity contribution in [3.63, 3.8) is 0 Å². The molecule has 0 aromatic carbocycles. The lowest BCUT2D eigenvalue weighted by Gasteiger charge is -2.17. The Kier molecular flexibility index (Phi) is 2.57. The molecule has 0 unspecified atom stereocenters. The molecule has 1 aliphatic rings. The summed E-state index contributed by atoms with van der Waals surface area (Å²) >= 11 is 3.06. The first-order valence-electron chi connectivity index (χ1n) is 4.60. The highest BCUT2D eigenvalue weighted by Crippen LogP contribution is 2.59. The summed E-state index contributed by atoms with van der Waals surface area (Å²) in [7, 11) is 0. The first-order valence-corrected chi connectivity index (χ1v) is 5.39. The third-order valence-corrected chi connectivity index (χ3v) is 3.19. The Morgan fingerprint density at radius 2 is 2.00 bits per heavy atom. The number of carbonyl (C=O) groups is 1. The van der Waals surface area contributed by atoms with Crippen molar-refractivity contribution in [3.8, 4) is 0 Å². The number of carbonyl (C=O) groups excluding carboxylic acids is 1. The highest BCUT2D eigenvalue weighted by Gasteiger charge is 2.68. The molecular formula is C10H7BrF3NO. The minimum absolute atomic E-state index is 0.0121. The van der Waals surface area contributed by atoms with Crippen LogP contribution in [0.5, 0.6) is 0 Å². The summed E-state index contributed by atoms with van der Waals surface area (Å²) in [5, 5.41) is 0. The van der Waals surface area contributed by atoms with Crippen LogP contribution in [0.2, 0.25) is 0 Å². The maximum atomic E-state index is 12.7. The van der Waals surface area contributed by atoms with Gasteiger partial charge in [-0.15, -0.1) is 0 Å². The van der Waals surface area contributed by atoms with Gasteiger partial charge in [-0.05, 0) is 40.9 Å². The van der Waals surface area contributed by atoms with Gasteiger partial charge in [0, 0.05) is 11.8 Å². The molecule has 0 N–H and O–H groups in total. The second kappa shape index (κ2) is 3.55. The molecular weight excluding hydrogens is 287 g/mol. The maximum absolute atomic E-state index is 12.7. The maximum Gasteiger partial charge on any atom is 0.401 e. The van der Waals surface area contributed by atoms with E-state index in [1.54, 1.807) is 0 Å². The molecule has 0 radical (unpaired) electrons. The zero-order valence-corrected chi connectivity index (χ0v) is 9.60. The summed E-state index contributed by atoms with van der Waals surface area (Å²) in [4.78, 5) is 15.5. The standard InChI is InChI=1S/C10H7BrF3NO/c11-7-2-1-6(5-15-7)8(16)9(3-4-9)10(12,13)14/h1-2,5H,3-4H2. The molecule has 0 aliphatic heterocycles. The zero-order valence-electron chi connectivity index (χ0n) is 8.01. The molecule has 0 bridgehead atoms. The number of hydrogen-bond donors (Lipinski definition) is 0. The van der Waals surface area contributed by atoms with Gasteiger partial charge in [0.2, 0.25) is 0 Å². The second-order valence-electron chi connectivity index (χ2n) is 3.78. The second-order valence-corrected chi connectivity index (χ2v) is 4.59. The molecule has 1 aromatic heterocycles. The first kappa shape index (κ1) is 11.6. The Morgan fingerprint density at radius 1 is 1.38 bits per heavy atom. The van der Waals surface area contributed by atoms with Crippen LogP contribution in [0.3, 0.4) is 0 Å². The van der Waals surface area contributed by atoms with E-state index in [4.69, 9.17) is 0 Å². The molecule has 2 nitrogen and oxygen atoms in total. The molecule has 16 heavy (non-hydrogen) atoms. The Labute approximate surface area is 98.0 Å². The van der Waals surface area contributed by atoms with Crippen molar-refractivity contribution < 1.29 is 18.0 Å². The van der Waals surface area contributed by atoms with Gasteiger partial charge in [0.15, 0.2) is 5.78 Å². The van der Waals surface area contributed by atoms with Gasteiger partial charge in [0.1, 0.15) is 10.0 Å². The summed E-state index contributed by atoms with van der Waals surface area (Å²) in [5.41, 5.74) is -2.14. The highest BCUT2D eigenvalue weighted by atomic mass is 79.9. The van der Waals surface area contributed by atoms with Crippen molar-refractivity contribution in [3.05, 3.63) is 28.5 Å². The van der Waals surface area contributed by atoms with Gasteiger partial charge in [-0.1, -0.05) is 0 Å². The number of halogens is 4. The van der Waals surface area contributed by atoms with Crippen molar-refractivity contribution in [2.24, 2.45) is 5.41 Å². The number of hydrogen-bond acceptors (Lipinski definition) is 2. The number of aromatic nitrogens is 1. The molecule has 2 rings (SSSR count). The number of alkyl halides is 3. The highest BCUT2D eigenvalue weighted by molar-refractivity contribution is 9.10. The van der Waals surface area contributed by atoms with E-state index in [9.17, 15) is 18.0 Å². The summed E-state index contributed by atoms with van der Waals surface area (Å²) < 4.78 is 38.5. The fourth-order valence-corrected chi connectivity index (χ4v) is 1.79. The van der Waals surface area contributed by atoms with Crippen LogP contribution in [0.25, 0.3) is 0 Å². The van der Waals surface area contributed by atoms with E-state index < -0.39 is 17.4 Å². The predicted molar refractivity (Wildman–Crippen MR) is 54.0 cm³/mol. The molecule has 1 heterocycles. The van der Waals surface area contributed by atoms with Crippen molar-refractivity contribution >= 4 is 21.7 Å². The van der Waals surface area contributed by atoms with Crippen LogP contribution in [0, 0.1) is 5.41 Å². The van der Waals surface area contributed by atoms with E-state index in [0.717, 1.165) is 6.20 Å². The van der Waals surface area contributed by atoms with E-state index in [2.05, 4.69) is 20.9 Å². The van der Waals surface area contributed by atoms with E-state index >= 15 is 0 Å². The van der Waals surface area contributed by atoms with Gasteiger partial charge in [0.25, 0.3) is 0 Å². The van der Waals surface area contributed by atoms with Crippen LogP contribution in [0.4, 0.5) is 13.2 Å². The van der Waals surface area contributed by atoms with Crippen LogP contribution < -0.4 is 0 Å². The number of rotatable bonds is 2. The van der Waals surface area contributed by atoms with Crippen molar-refractivity contribution in [2.45, 2.75) is 19.0 Å². The predicted octanol–water partition coefficient (Wildman–Crippen LogP) is 3.37. The van der Waals surface area contributed by atoms with Gasteiger partial charge in [-0.3, -0.25) is 4.79 Å². The molecule has 0 spiro atoms. The Balaban J connectivity index is 2.30. The molecule has 1 fully saturated rings. The van der Waals surface area contributed by atoms with E-state index in [-0.39, 0.29) is 18.4 Å². The number of pyridine rings is 1. The molecule has 0 atom stereocenters. The van der Waals surface area contributed by atoms with Crippen molar-refractivity contribution in [1.29, 1.82) is 0 Å². The zero-order chi connectivity index (χ0) is 12.0. The number of Topliss-reactive ketones (excluding diaryl/α,β-unsaturated/α-hetero) is 1. The van der Waals surface area contributed by atoms with Gasteiger partial charge in [-0.2, -0.15) is 13.2 Å². The fourth-order valence-electron chi connectivity index (χ4n) is 1.55. The van der Waals surface area contributed by atoms with Gasteiger partial charge >= 0.3 is 6.18 Å². The monoisotopic (exact) mass is 293 g/mol. The van der Waals surface area contributed by atoms with Gasteiger partial charge in [-0.25, -0.2) is 4.98 Å². The van der Waals surface area contributed by atoms with Crippen LogP contribution >= 0.6 is 15.9 Å². The third-order valence-electron chi connectivity index (χ3n) is 2.72. The fraction of sp³-hybridized carbons (Fsp3) is 0.400. The molecule has 86 valence electrons. The van der Waals surface area contributed by atoms with Crippen LogP contribution in [0.15, 0.2) is 22.9 Å². The molecule has 0 amide bonds. The summed E-state index contributed by atoms with van der Waals surface area (Å²) in [6, 6.07) is 2.81. The topological polar surface area (TPSA) is 30.0 Å². The number of nitrogens with zero attached hydrogens (tertiary/aromatic N) is 1. The number of ketones is 1. The van der Waals surface area contributed by atoms with Crippen LogP contribution in [0.1, 0.15) is 23.2 Å². The molecule has 1 aromatic rings. The van der Waals surface area contributed by atoms with E-state index in [1.165, 1.54) is 12.1 Å². The minimum Gasteiger partial charge on any atom is -0.293 e. The van der Waals surface area contributed by atoms with Gasteiger partial charge in [0.05, 0.1) is 0 Å². The average molecular weight is 294 g/mol. The van der Waals surface area contributed by atoms with Crippen LogP contribution in [-0.4, -0.2) is 16.9 Å². The van der Waals surface area contributed by atoms with E-state index in [0.29, 0.717) is 4.60 Å². The largest absolute Gasteiger partial charge is 0.401 e. The lowest BCUT2D eigenvalue weighted by Crippen LogP contribution is -2.32. The van der Waals surface area contributed by atoms with Crippen molar-refractivity contribution in [2.75, 3.05) is 0 Å². The SMILES string of the molecule is O=C(c1ccc(Br)nc1)C1(C(F)(F)F)CC1. The lowest BCUT2D eigenvalue weighted by molar-refractivity contribution is -0.171. The Morgan fingerprint density at radius 3 is 2.38 bits per heavy atom. The Hall–Kier alpha value is -0.910. The smallest absolute Gasteiger partial charge is 0.293 e. The minimum atomic E-state index is -4.46. The molecule has 6 heteroatoms. The molecule has 0 saturated heterocycles. The normalized spacial score (nSPS) is 18.2. The van der Waals surface area contributed by atoms with Crippen molar-refractivity contribution in [1.82, 2.24) is 4.98 Å². The van der Waals surface area contributed by atoms with Gasteiger partial charge < -0.3 is 0 Å². The lowest BCUT2D eigenvalue weighted by atomic mass is 9.95. The molecule has 1 aliphatic carbocycles. The Bertz CT molecular complexity index is 423. The quantitative estimate of drug-likeness (QED) is 0.618. The first-order chi connectivity index (χ1) is 7.37. The summed E-state index contributed by atoms with van der Waals surface area (Å²) in [6.07, 6.45) is -3.54. The van der Waals surface area contributed by atoms with E-state index in [1.807, 2.05) is 0 Å². The summed E-state index contributed by atoms with van der Waals surface area (Å²) in [6.45, 7) is 0. The average Bonchev–Trinajstić information content (AvgIpc) is 2.97. The third kappa shape index (κ3) is 1.75.